The lowest BCUT2D eigenvalue weighted by Gasteiger charge is -2.45. The van der Waals surface area contributed by atoms with Crippen LogP contribution >= 0.6 is 23.2 Å². The van der Waals surface area contributed by atoms with Crippen LogP contribution in [0.25, 0.3) is 11.6 Å². The Kier molecular flexibility index (Phi) is 7.03. The van der Waals surface area contributed by atoms with Gasteiger partial charge >= 0.3 is 11.6 Å². The fourth-order valence-electron chi connectivity index (χ4n) is 3.68. The van der Waals surface area contributed by atoms with Gasteiger partial charge in [-0.25, -0.2) is 0 Å². The number of halogens is 2. The summed E-state index contributed by atoms with van der Waals surface area (Å²) in [6, 6.07) is 8.64. The maximum Gasteiger partial charge on any atom is 0.354 e. The quantitative estimate of drug-likeness (QED) is 0.174. The van der Waals surface area contributed by atoms with E-state index in [1.54, 1.807) is 18.2 Å². The van der Waals surface area contributed by atoms with Crippen molar-refractivity contribution in [3.8, 4) is 5.75 Å². The summed E-state index contributed by atoms with van der Waals surface area (Å²) < 4.78 is 10.5. The predicted molar refractivity (Wildman–Crippen MR) is 120 cm³/mol. The van der Waals surface area contributed by atoms with E-state index >= 15 is 0 Å². The van der Waals surface area contributed by atoms with Crippen LogP contribution in [0.5, 0.6) is 5.75 Å². The van der Waals surface area contributed by atoms with Gasteiger partial charge in [0.15, 0.2) is 0 Å². The Hall–Kier alpha value is -3.11. The molecule has 0 fully saturated rings. The maximum absolute atomic E-state index is 12.5. The van der Waals surface area contributed by atoms with Gasteiger partial charge in [-0.2, -0.15) is 31.2 Å². The Balaban J connectivity index is 2.04. The second-order valence-corrected chi connectivity index (χ2v) is 8.66. The van der Waals surface area contributed by atoms with Crippen molar-refractivity contribution in [2.45, 2.75) is 13.5 Å². The number of hydrazine groups is 1. The van der Waals surface area contributed by atoms with Crippen LogP contribution in [0, 0.1) is 22.5 Å². The molecule has 3 aromatic rings. The molecular formula is C19H18Cl2N6O11. The summed E-state index contributed by atoms with van der Waals surface area (Å²) in [5, 5.41) is 95.4. The summed E-state index contributed by atoms with van der Waals surface area (Å²) in [5.41, 5.74) is 0.365. The molecule has 0 aliphatic carbocycles. The molecule has 0 saturated heterocycles. The highest BCUT2D eigenvalue weighted by Crippen LogP contribution is 2.34. The van der Waals surface area contributed by atoms with Gasteiger partial charge in [-0.15, -0.1) is 5.01 Å². The van der Waals surface area contributed by atoms with Gasteiger partial charge in [-0.3, -0.25) is 0 Å². The summed E-state index contributed by atoms with van der Waals surface area (Å²) in [7, 11) is 0. The highest BCUT2D eigenvalue weighted by atomic mass is 35.5. The molecule has 0 unspecified atom stereocenters. The molecule has 0 atom stereocenters. The van der Waals surface area contributed by atoms with Gasteiger partial charge in [0.2, 0.25) is 5.82 Å². The van der Waals surface area contributed by atoms with Gasteiger partial charge in [-0.1, -0.05) is 34.4 Å². The fraction of sp³-hybridized carbons (Fsp3) is 0.105. The van der Waals surface area contributed by atoms with Crippen molar-refractivity contribution in [3.05, 3.63) is 89.9 Å². The number of benzene rings is 2. The first-order valence-corrected chi connectivity index (χ1v) is 10.9. The summed E-state index contributed by atoms with van der Waals surface area (Å²) in [4.78, 5) is -6.81. The molecule has 4 rings (SSSR count). The molecule has 0 saturated carbocycles. The largest absolute Gasteiger partial charge is 0.558 e. The molecule has 0 bridgehead atoms. The number of hydrogen-bond acceptors (Lipinski definition) is 14. The highest BCUT2D eigenvalue weighted by Gasteiger charge is 2.53. The minimum atomic E-state index is -3.63. The van der Waals surface area contributed by atoms with Gasteiger partial charge in [0, 0.05) is 26.8 Å². The van der Waals surface area contributed by atoms with E-state index in [0.29, 0.717) is 5.56 Å². The molecule has 1 aliphatic rings. The van der Waals surface area contributed by atoms with Crippen LogP contribution in [0.15, 0.2) is 47.0 Å². The summed E-state index contributed by atoms with van der Waals surface area (Å²) in [6.45, 7) is 1.11. The van der Waals surface area contributed by atoms with Crippen LogP contribution in [0.4, 0.5) is 5.82 Å². The van der Waals surface area contributed by atoms with Gasteiger partial charge < -0.3 is 24.9 Å². The average Bonchev–Trinajstić information content (AvgIpc) is 3.20. The monoisotopic (exact) mass is 576 g/mol. The third kappa shape index (κ3) is 5.24. The number of aromatic nitrogens is 1. The van der Waals surface area contributed by atoms with Crippen LogP contribution in [-0.4, -0.2) is 56.5 Å². The van der Waals surface area contributed by atoms with E-state index in [-0.39, 0.29) is 33.2 Å². The van der Waals surface area contributed by atoms with Crippen molar-refractivity contribution in [1.82, 2.24) is 10.3 Å². The number of hydroxylamine groups is 6. The zero-order valence-electron chi connectivity index (χ0n) is 18.9. The van der Waals surface area contributed by atoms with Crippen molar-refractivity contribution in [1.29, 1.82) is 0 Å². The van der Waals surface area contributed by atoms with Crippen LogP contribution in [-0.2, 0) is 6.61 Å². The Bertz CT molecular complexity index is 1480. The molecule has 0 amide bonds. The number of aryl methyl sites for hydroxylation is 1. The number of ether oxygens (including phenoxy) is 1. The standard InChI is InChI=1S/C19H18Cl2N6O11/c1-10-7-17(22-38-10)23-18(25(28,29)30)13-8-11(37-9-14-15(20)3-2-4-16(14)21)5-6-12(13)19(26(31,32)33)24(23)27(34,35)36/h2-8,28-29,31-32,34-35H,9H2,1H3. The van der Waals surface area contributed by atoms with Crippen molar-refractivity contribution >= 4 is 40.7 Å². The second kappa shape index (κ2) is 9.57. The lowest BCUT2D eigenvalue weighted by molar-refractivity contribution is -1.29. The number of nitrogens with zero attached hydrogens (tertiary/aromatic N) is 6. The van der Waals surface area contributed by atoms with Crippen LogP contribution in [0.2, 0.25) is 10.0 Å². The zero-order valence-corrected chi connectivity index (χ0v) is 20.4. The van der Waals surface area contributed by atoms with E-state index in [4.69, 9.17) is 32.5 Å². The van der Waals surface area contributed by atoms with E-state index in [0.717, 1.165) is 24.3 Å². The molecule has 2 heterocycles. The molecule has 38 heavy (non-hydrogen) atoms. The molecule has 1 aromatic heterocycles. The Morgan fingerprint density at radius 3 is 2.00 bits per heavy atom. The van der Waals surface area contributed by atoms with Crippen LogP contribution < -0.4 is 20.2 Å². The first kappa shape index (κ1) is 27.9. The summed E-state index contributed by atoms with van der Waals surface area (Å²) in [5.74, 6) is -3.60. The average molecular weight is 577 g/mol. The third-order valence-electron chi connectivity index (χ3n) is 5.13. The lowest BCUT2D eigenvalue weighted by atomic mass is 10.2. The zero-order chi connectivity index (χ0) is 28.2. The van der Waals surface area contributed by atoms with E-state index < -0.39 is 48.0 Å². The minimum Gasteiger partial charge on any atom is -0.558 e. The van der Waals surface area contributed by atoms with Crippen molar-refractivity contribution in [2.24, 2.45) is 0 Å². The molecule has 0 spiro atoms. The Morgan fingerprint density at radius 1 is 0.895 bits per heavy atom. The van der Waals surface area contributed by atoms with Crippen molar-refractivity contribution in [2.75, 3.05) is 5.01 Å². The number of anilines is 1. The van der Waals surface area contributed by atoms with Gasteiger partial charge in [0.25, 0.3) is 0 Å². The van der Waals surface area contributed by atoms with Crippen molar-refractivity contribution in [3.63, 3.8) is 0 Å². The Labute approximate surface area is 220 Å². The SMILES string of the molecule is Cc1cc(N2C([N+]([O-])(O)O)=c3cc(OCc4c(Cl)cccc4Cl)ccc3=C([N+]([O-])(O)O)N2[N+]([O-])(O)O)no1. The first-order chi connectivity index (χ1) is 17.5. The van der Waals surface area contributed by atoms with E-state index in [9.17, 15) is 46.9 Å². The summed E-state index contributed by atoms with van der Waals surface area (Å²) >= 11 is 12.3. The third-order valence-corrected chi connectivity index (χ3v) is 5.84. The lowest BCUT2D eigenvalue weighted by Crippen LogP contribution is -2.70. The number of rotatable bonds is 7. The molecule has 0 radical (unpaired) electrons. The number of quaternary nitrogens is 3. The maximum atomic E-state index is 12.5. The van der Waals surface area contributed by atoms with E-state index in [1.807, 2.05) is 0 Å². The topological polar surface area (TPSA) is 232 Å². The smallest absolute Gasteiger partial charge is 0.354 e. The molecule has 204 valence electrons. The van der Waals surface area contributed by atoms with Gasteiger partial charge in [0.1, 0.15) is 18.1 Å². The van der Waals surface area contributed by atoms with E-state index in [2.05, 4.69) is 5.16 Å². The van der Waals surface area contributed by atoms with E-state index in [1.165, 1.54) is 6.92 Å². The van der Waals surface area contributed by atoms with Crippen molar-refractivity contribution < 1.29 is 55.5 Å². The van der Waals surface area contributed by atoms with Gasteiger partial charge in [0.05, 0.1) is 15.5 Å². The molecule has 17 nitrogen and oxygen atoms in total. The number of fused-ring (bicyclic) bond motifs is 1. The summed E-state index contributed by atoms with van der Waals surface area (Å²) in [6.07, 6.45) is 0. The predicted octanol–water partition coefficient (Wildman–Crippen LogP) is 1.93. The first-order valence-electron chi connectivity index (χ1n) is 10.2. The Morgan fingerprint density at radius 2 is 1.50 bits per heavy atom. The second-order valence-electron chi connectivity index (χ2n) is 7.84. The van der Waals surface area contributed by atoms with Crippen LogP contribution in [0.1, 0.15) is 11.3 Å². The molecule has 2 aromatic carbocycles. The minimum absolute atomic E-state index is 0.0102. The highest BCUT2D eigenvalue weighted by molar-refractivity contribution is 6.35. The molecular weight excluding hydrogens is 559 g/mol. The number of hydrogen-bond donors (Lipinski definition) is 6. The molecule has 6 N–H and O–H groups in total. The normalized spacial score (nSPS) is 14.7. The van der Waals surface area contributed by atoms with Crippen LogP contribution in [0.3, 0.4) is 0 Å². The van der Waals surface area contributed by atoms with Gasteiger partial charge in [-0.05, 0) is 47.2 Å². The molecule has 1 aliphatic heterocycles. The molecule has 19 heteroatoms. The fourth-order valence-corrected chi connectivity index (χ4v) is 4.18.